The maximum atomic E-state index is 13.3. The van der Waals surface area contributed by atoms with Crippen LogP contribution in [0.1, 0.15) is 36.0 Å². The van der Waals surface area contributed by atoms with Crippen LogP contribution in [0.5, 0.6) is 0 Å². The molecule has 2 N–H and O–H groups in total. The van der Waals surface area contributed by atoms with Gasteiger partial charge in [-0.05, 0) is 62.4 Å². The van der Waals surface area contributed by atoms with E-state index in [1.165, 1.54) is 29.6 Å². The van der Waals surface area contributed by atoms with E-state index in [2.05, 4.69) is 37.8 Å². The van der Waals surface area contributed by atoms with Crippen molar-refractivity contribution in [1.29, 1.82) is 0 Å². The van der Waals surface area contributed by atoms with Gasteiger partial charge in [0.25, 0.3) is 0 Å². The van der Waals surface area contributed by atoms with Crippen LogP contribution >= 0.6 is 35.3 Å². The van der Waals surface area contributed by atoms with Crippen LogP contribution in [0, 0.1) is 11.7 Å². The molecule has 2 aromatic rings. The van der Waals surface area contributed by atoms with Crippen LogP contribution in [0.3, 0.4) is 0 Å². The highest BCUT2D eigenvalue weighted by Gasteiger charge is 2.20. The first-order chi connectivity index (χ1) is 14.2. The monoisotopic (exact) mass is 545 g/mol. The van der Waals surface area contributed by atoms with Crippen molar-refractivity contribution in [2.45, 2.75) is 39.2 Å². The van der Waals surface area contributed by atoms with Gasteiger partial charge in [-0.15, -0.1) is 35.3 Å². The lowest BCUT2D eigenvalue weighted by molar-refractivity contribution is 0.176. The molecule has 0 spiro atoms. The summed E-state index contributed by atoms with van der Waals surface area (Å²) in [6.07, 6.45) is 4.18. The van der Waals surface area contributed by atoms with Crippen molar-refractivity contribution >= 4 is 41.3 Å². The molecule has 0 bridgehead atoms. The normalized spacial score (nSPS) is 15.6. The molecular formula is C22H33FIN5S. The fourth-order valence-electron chi connectivity index (χ4n) is 3.64. The van der Waals surface area contributed by atoms with Crippen molar-refractivity contribution in [3.63, 3.8) is 0 Å². The lowest BCUT2D eigenvalue weighted by Gasteiger charge is -2.31. The molecule has 1 fully saturated rings. The summed E-state index contributed by atoms with van der Waals surface area (Å²) in [4.78, 5) is 11.5. The van der Waals surface area contributed by atoms with Crippen LogP contribution in [0.15, 0.2) is 34.6 Å². The number of aryl methyl sites for hydroxylation is 1. The molecule has 1 aliphatic rings. The summed E-state index contributed by atoms with van der Waals surface area (Å²) in [6.45, 7) is 7.04. The third kappa shape index (κ3) is 8.11. The number of piperidine rings is 1. The predicted octanol–water partition coefficient (Wildman–Crippen LogP) is 4.08. The average Bonchev–Trinajstić information content (AvgIpc) is 3.19. The highest BCUT2D eigenvalue weighted by molar-refractivity contribution is 14.0. The standard InChI is InChI=1S/C22H32FN5S.HI/c1-3-21-27-20(16-29-21)15-28-11-8-18(9-12-28)14-26-22(24-2)25-10-7-17-5-4-6-19(23)13-17;/h4-6,13,16,18H,3,7-12,14-15H2,1-2H3,(H2,24,25,26);1H. The topological polar surface area (TPSA) is 52.6 Å². The molecule has 8 heteroatoms. The lowest BCUT2D eigenvalue weighted by atomic mass is 9.97. The van der Waals surface area contributed by atoms with Gasteiger partial charge in [0.05, 0.1) is 10.7 Å². The zero-order valence-corrected chi connectivity index (χ0v) is 21.0. The predicted molar refractivity (Wildman–Crippen MR) is 134 cm³/mol. The molecule has 1 aromatic carbocycles. The van der Waals surface area contributed by atoms with Gasteiger partial charge in [-0.1, -0.05) is 19.1 Å². The van der Waals surface area contributed by atoms with Crippen molar-refractivity contribution < 1.29 is 4.39 Å². The first-order valence-corrected chi connectivity index (χ1v) is 11.4. The van der Waals surface area contributed by atoms with E-state index in [0.717, 1.165) is 57.1 Å². The Morgan fingerprint density at radius 3 is 2.77 bits per heavy atom. The number of rotatable bonds is 8. The second kappa shape index (κ2) is 13.2. The Kier molecular flexibility index (Phi) is 11.0. The molecule has 5 nitrogen and oxygen atoms in total. The van der Waals surface area contributed by atoms with E-state index >= 15 is 0 Å². The third-order valence-corrected chi connectivity index (χ3v) is 6.41. The number of aliphatic imine (C=N–C) groups is 1. The molecule has 1 aliphatic heterocycles. The molecule has 0 saturated carbocycles. The Bertz CT molecular complexity index is 789. The fourth-order valence-corrected chi connectivity index (χ4v) is 4.38. The Morgan fingerprint density at radius 2 is 2.10 bits per heavy atom. The number of thiazole rings is 1. The summed E-state index contributed by atoms with van der Waals surface area (Å²) in [5.74, 6) is 1.30. The van der Waals surface area contributed by atoms with Gasteiger partial charge in [0.1, 0.15) is 5.82 Å². The Morgan fingerprint density at radius 1 is 1.30 bits per heavy atom. The molecule has 0 aliphatic carbocycles. The molecule has 0 unspecified atom stereocenters. The minimum atomic E-state index is -0.183. The van der Waals surface area contributed by atoms with Crippen LogP contribution in [0.2, 0.25) is 0 Å². The first-order valence-electron chi connectivity index (χ1n) is 10.5. The van der Waals surface area contributed by atoms with E-state index < -0.39 is 0 Å². The van der Waals surface area contributed by atoms with Crippen LogP contribution in [0.25, 0.3) is 0 Å². The molecule has 30 heavy (non-hydrogen) atoms. The number of hydrogen-bond donors (Lipinski definition) is 2. The molecule has 0 radical (unpaired) electrons. The van der Waals surface area contributed by atoms with E-state index in [-0.39, 0.29) is 29.8 Å². The molecule has 1 aromatic heterocycles. The maximum Gasteiger partial charge on any atom is 0.190 e. The quantitative estimate of drug-likeness (QED) is 0.298. The highest BCUT2D eigenvalue weighted by atomic mass is 127. The minimum Gasteiger partial charge on any atom is -0.356 e. The average molecular weight is 546 g/mol. The smallest absolute Gasteiger partial charge is 0.190 e. The SMILES string of the molecule is CCc1nc(CN2CCC(CNC(=NC)NCCc3cccc(F)c3)CC2)cs1.I. The Hall–Kier alpha value is -1.26. The molecule has 0 atom stereocenters. The molecule has 1 saturated heterocycles. The summed E-state index contributed by atoms with van der Waals surface area (Å²) in [7, 11) is 1.79. The highest BCUT2D eigenvalue weighted by Crippen LogP contribution is 2.19. The summed E-state index contributed by atoms with van der Waals surface area (Å²) in [6, 6.07) is 6.76. The lowest BCUT2D eigenvalue weighted by Crippen LogP contribution is -2.43. The molecule has 166 valence electrons. The van der Waals surface area contributed by atoms with E-state index in [9.17, 15) is 4.39 Å². The number of likely N-dealkylation sites (tertiary alicyclic amines) is 1. The van der Waals surface area contributed by atoms with E-state index in [1.807, 2.05) is 6.07 Å². The van der Waals surface area contributed by atoms with Crippen molar-refractivity contribution in [3.8, 4) is 0 Å². The molecular weight excluding hydrogens is 512 g/mol. The second-order valence-corrected chi connectivity index (χ2v) is 8.51. The summed E-state index contributed by atoms with van der Waals surface area (Å²) in [5.41, 5.74) is 2.21. The van der Waals surface area contributed by atoms with E-state index in [4.69, 9.17) is 0 Å². The Labute approximate surface area is 200 Å². The van der Waals surface area contributed by atoms with Crippen LogP contribution in [-0.2, 0) is 19.4 Å². The van der Waals surface area contributed by atoms with E-state index in [0.29, 0.717) is 5.92 Å². The van der Waals surface area contributed by atoms with Crippen molar-refractivity contribution in [2.75, 3.05) is 33.2 Å². The fraction of sp³-hybridized carbons (Fsp3) is 0.545. The van der Waals surface area contributed by atoms with Gasteiger partial charge < -0.3 is 10.6 Å². The largest absolute Gasteiger partial charge is 0.356 e. The number of guanidine groups is 1. The van der Waals surface area contributed by atoms with Gasteiger partial charge in [0, 0.05) is 32.1 Å². The first kappa shape index (κ1) is 25.0. The molecule has 0 amide bonds. The number of hydrogen-bond acceptors (Lipinski definition) is 4. The van der Waals surface area contributed by atoms with Crippen LogP contribution in [-0.4, -0.2) is 49.1 Å². The number of nitrogens with zero attached hydrogens (tertiary/aromatic N) is 3. The van der Waals surface area contributed by atoms with Crippen molar-refractivity contribution in [2.24, 2.45) is 10.9 Å². The van der Waals surface area contributed by atoms with Gasteiger partial charge >= 0.3 is 0 Å². The van der Waals surface area contributed by atoms with E-state index in [1.54, 1.807) is 30.5 Å². The van der Waals surface area contributed by atoms with Crippen molar-refractivity contribution in [3.05, 3.63) is 51.7 Å². The zero-order valence-electron chi connectivity index (χ0n) is 17.9. The maximum absolute atomic E-state index is 13.3. The number of halogens is 2. The van der Waals surface area contributed by atoms with Gasteiger partial charge in [0.2, 0.25) is 0 Å². The van der Waals surface area contributed by atoms with Gasteiger partial charge in [-0.2, -0.15) is 0 Å². The number of benzene rings is 1. The van der Waals surface area contributed by atoms with Gasteiger partial charge in [-0.25, -0.2) is 9.37 Å². The number of aromatic nitrogens is 1. The third-order valence-electron chi connectivity index (χ3n) is 5.37. The molecule has 2 heterocycles. The number of nitrogens with one attached hydrogen (secondary N) is 2. The van der Waals surface area contributed by atoms with Gasteiger partial charge in [-0.3, -0.25) is 9.89 Å². The van der Waals surface area contributed by atoms with Crippen molar-refractivity contribution in [1.82, 2.24) is 20.5 Å². The second-order valence-electron chi connectivity index (χ2n) is 7.57. The Balaban J connectivity index is 0.00000320. The summed E-state index contributed by atoms with van der Waals surface area (Å²) >= 11 is 1.77. The van der Waals surface area contributed by atoms with Gasteiger partial charge in [0.15, 0.2) is 5.96 Å². The van der Waals surface area contributed by atoms with Crippen LogP contribution < -0.4 is 10.6 Å². The summed E-state index contributed by atoms with van der Waals surface area (Å²) < 4.78 is 13.3. The molecule has 3 rings (SSSR count). The minimum absolute atomic E-state index is 0. The zero-order chi connectivity index (χ0) is 20.5. The summed E-state index contributed by atoms with van der Waals surface area (Å²) in [5, 5.41) is 10.2. The van der Waals surface area contributed by atoms with Crippen LogP contribution in [0.4, 0.5) is 4.39 Å².